The summed E-state index contributed by atoms with van der Waals surface area (Å²) in [6.07, 6.45) is 6.47. The van der Waals surface area contributed by atoms with Crippen LogP contribution in [0.1, 0.15) is 51.0 Å². The summed E-state index contributed by atoms with van der Waals surface area (Å²) < 4.78 is 6.06. The normalized spacial score (nSPS) is 38.0. The fourth-order valence-corrected chi connectivity index (χ4v) is 6.76. The van der Waals surface area contributed by atoms with E-state index in [9.17, 15) is 14.9 Å². The van der Waals surface area contributed by atoms with Gasteiger partial charge in [0.25, 0.3) is 0 Å². The third-order valence-electron chi connectivity index (χ3n) is 8.03. The highest BCUT2D eigenvalue weighted by Crippen LogP contribution is 2.60. The van der Waals surface area contributed by atoms with E-state index in [0.717, 1.165) is 38.5 Å². The first kappa shape index (κ1) is 20.1. The molecule has 1 aliphatic heterocycles. The van der Waals surface area contributed by atoms with Crippen molar-refractivity contribution in [2.24, 2.45) is 28.9 Å². The van der Waals surface area contributed by atoms with Gasteiger partial charge in [-0.1, -0.05) is 0 Å². The molecule has 3 N–H and O–H groups in total. The lowest BCUT2D eigenvalue weighted by Crippen LogP contribution is -2.59. The highest BCUT2D eigenvalue weighted by Gasteiger charge is 2.59. The molecule has 0 radical (unpaired) electrons. The van der Waals surface area contributed by atoms with Crippen LogP contribution in [0.4, 0.5) is 10.6 Å². The van der Waals surface area contributed by atoms with Gasteiger partial charge in [-0.3, -0.25) is 4.79 Å². The van der Waals surface area contributed by atoms with Crippen LogP contribution in [0.5, 0.6) is 0 Å². The molecule has 4 bridgehead atoms. The van der Waals surface area contributed by atoms with Crippen molar-refractivity contribution in [3.63, 3.8) is 0 Å². The largest absolute Gasteiger partial charge is 0.446 e. The third kappa shape index (κ3) is 3.40. The van der Waals surface area contributed by atoms with Crippen LogP contribution < -0.4 is 11.1 Å². The van der Waals surface area contributed by atoms with Gasteiger partial charge in [-0.2, -0.15) is 5.26 Å². The highest BCUT2D eigenvalue weighted by atomic mass is 16.6. The molecular weight excluding hydrogens is 394 g/mol. The number of aromatic nitrogens is 1. The van der Waals surface area contributed by atoms with E-state index in [4.69, 9.17) is 10.5 Å². The minimum atomic E-state index is -0.378. The molecule has 2 amide bonds. The minimum absolute atomic E-state index is 0.114. The number of hydrogen-bond donors (Lipinski definition) is 2. The van der Waals surface area contributed by atoms with Crippen molar-refractivity contribution < 1.29 is 14.3 Å². The van der Waals surface area contributed by atoms with E-state index >= 15 is 0 Å². The molecule has 31 heavy (non-hydrogen) atoms. The summed E-state index contributed by atoms with van der Waals surface area (Å²) in [5.74, 6) is 1.37. The fourth-order valence-electron chi connectivity index (χ4n) is 6.76. The van der Waals surface area contributed by atoms with Gasteiger partial charge in [0.15, 0.2) is 0 Å². The topological polar surface area (TPSA) is 121 Å². The van der Waals surface area contributed by atoms with Gasteiger partial charge in [0.2, 0.25) is 5.91 Å². The van der Waals surface area contributed by atoms with Gasteiger partial charge >= 0.3 is 6.09 Å². The summed E-state index contributed by atoms with van der Waals surface area (Å²) in [7, 11) is 0. The second-order valence-corrected chi connectivity index (χ2v) is 10.3. The molecule has 5 fully saturated rings. The van der Waals surface area contributed by atoms with Crippen LogP contribution in [0.25, 0.3) is 0 Å². The number of hydrogen-bond acceptors (Lipinski definition) is 6. The smallest absolute Gasteiger partial charge is 0.410 e. The zero-order valence-corrected chi connectivity index (χ0v) is 17.8. The molecule has 3 atom stereocenters. The van der Waals surface area contributed by atoms with Gasteiger partial charge in [-0.05, 0) is 75.3 Å². The molecule has 2 heterocycles. The molecule has 8 heteroatoms. The first-order valence-corrected chi connectivity index (χ1v) is 11.2. The van der Waals surface area contributed by atoms with E-state index in [1.807, 2.05) is 6.92 Å². The van der Waals surface area contributed by atoms with Gasteiger partial charge in [-0.15, -0.1) is 0 Å². The van der Waals surface area contributed by atoms with E-state index in [1.54, 1.807) is 23.2 Å². The number of amides is 2. The molecule has 5 aliphatic rings. The van der Waals surface area contributed by atoms with Gasteiger partial charge < -0.3 is 20.7 Å². The van der Waals surface area contributed by atoms with Crippen molar-refractivity contribution in [3.8, 4) is 6.07 Å². The van der Waals surface area contributed by atoms with Crippen LogP contribution in [0.3, 0.4) is 0 Å². The first-order chi connectivity index (χ1) is 14.8. The number of pyridine rings is 1. The van der Waals surface area contributed by atoms with Gasteiger partial charge in [0.05, 0.1) is 16.5 Å². The fraction of sp³-hybridized carbons (Fsp3) is 0.652. The number of nitriles is 1. The maximum atomic E-state index is 13.0. The number of nitrogens with one attached hydrogen (secondary N) is 1. The zero-order valence-electron chi connectivity index (χ0n) is 17.8. The molecular formula is C23H29N5O3. The number of anilines is 1. The van der Waals surface area contributed by atoms with Crippen molar-refractivity contribution in [1.29, 1.82) is 5.26 Å². The average molecular weight is 424 g/mol. The number of ether oxygens (including phenoxy) is 1. The number of carbonyl (C=O) groups excluding carboxylic acids is 2. The predicted octanol–water partition coefficient (Wildman–Crippen LogP) is 2.65. The average Bonchev–Trinajstić information content (AvgIpc) is 3.12. The number of nitrogens with zero attached hydrogens (tertiary/aromatic N) is 3. The Labute approximate surface area is 182 Å². The Balaban J connectivity index is 1.23. The van der Waals surface area contributed by atoms with Crippen LogP contribution in [-0.4, -0.2) is 46.6 Å². The second-order valence-electron chi connectivity index (χ2n) is 10.3. The molecule has 4 aliphatic carbocycles. The van der Waals surface area contributed by atoms with E-state index < -0.39 is 0 Å². The summed E-state index contributed by atoms with van der Waals surface area (Å²) in [5.41, 5.74) is 5.50. The molecule has 6 rings (SSSR count). The van der Waals surface area contributed by atoms with E-state index in [1.165, 1.54) is 0 Å². The van der Waals surface area contributed by atoms with Crippen molar-refractivity contribution >= 4 is 17.8 Å². The van der Waals surface area contributed by atoms with Crippen molar-refractivity contribution in [1.82, 2.24) is 9.88 Å². The Hall–Kier alpha value is -2.82. The Morgan fingerprint density at radius 2 is 2.06 bits per heavy atom. The Morgan fingerprint density at radius 3 is 2.74 bits per heavy atom. The van der Waals surface area contributed by atoms with Crippen LogP contribution in [0, 0.1) is 34.5 Å². The van der Waals surface area contributed by atoms with Gasteiger partial charge in [-0.25, -0.2) is 9.78 Å². The molecule has 1 saturated heterocycles. The van der Waals surface area contributed by atoms with Gasteiger partial charge in [0, 0.05) is 19.3 Å². The molecule has 0 aromatic carbocycles. The molecule has 164 valence electrons. The quantitative estimate of drug-likeness (QED) is 0.768. The van der Waals surface area contributed by atoms with E-state index in [2.05, 4.69) is 16.4 Å². The van der Waals surface area contributed by atoms with Crippen molar-refractivity contribution in [2.45, 2.75) is 57.1 Å². The standard InChI is InChI=1S/C23H29N5O3/c1-22(27-19-15(12-24)3-2-5-26-19)4-6-28(13-22)21(30)31-18-16-7-14-8-17(18)11-23(9-14,10-16)20(25)29/h2-3,5,14,16-18H,4,6-11,13H2,1H3,(H2,25,29)(H,26,27)/t14?,16?,17?,18-,22?,23-. The van der Waals surface area contributed by atoms with Crippen molar-refractivity contribution in [3.05, 3.63) is 23.9 Å². The maximum absolute atomic E-state index is 13.0. The summed E-state index contributed by atoms with van der Waals surface area (Å²) in [6, 6.07) is 5.61. The third-order valence-corrected chi connectivity index (χ3v) is 8.03. The van der Waals surface area contributed by atoms with Crippen molar-refractivity contribution in [2.75, 3.05) is 18.4 Å². The molecule has 0 spiro atoms. The minimum Gasteiger partial charge on any atom is -0.446 e. The SMILES string of the molecule is CC1(Nc2ncccc2C#N)CCN(C(=O)O[C@H]2C3CC4CC2C[C@](C(N)=O)(C4)C3)C1. The number of nitrogens with two attached hydrogens (primary N) is 1. The van der Waals surface area contributed by atoms with Crippen LogP contribution in [-0.2, 0) is 9.53 Å². The predicted molar refractivity (Wildman–Crippen MR) is 113 cm³/mol. The Bertz CT molecular complexity index is 943. The number of primary amides is 1. The monoisotopic (exact) mass is 423 g/mol. The molecule has 3 unspecified atom stereocenters. The lowest BCUT2D eigenvalue weighted by atomic mass is 9.48. The number of carbonyl (C=O) groups is 2. The lowest BCUT2D eigenvalue weighted by molar-refractivity contribution is -0.161. The number of likely N-dealkylation sites (tertiary alicyclic amines) is 1. The molecule has 8 nitrogen and oxygen atoms in total. The Morgan fingerprint density at radius 1 is 1.32 bits per heavy atom. The van der Waals surface area contributed by atoms with E-state index in [0.29, 0.717) is 30.4 Å². The zero-order chi connectivity index (χ0) is 21.8. The summed E-state index contributed by atoms with van der Waals surface area (Å²) >= 11 is 0. The summed E-state index contributed by atoms with van der Waals surface area (Å²) in [6.45, 7) is 3.12. The Kier molecular flexibility index (Phi) is 4.61. The lowest BCUT2D eigenvalue weighted by Gasteiger charge is -2.58. The maximum Gasteiger partial charge on any atom is 0.410 e. The number of rotatable bonds is 4. The molecule has 1 aromatic heterocycles. The summed E-state index contributed by atoms with van der Waals surface area (Å²) in [4.78, 5) is 31.2. The highest BCUT2D eigenvalue weighted by molar-refractivity contribution is 5.81. The second kappa shape index (κ2) is 7.11. The molecule has 1 aromatic rings. The molecule has 4 saturated carbocycles. The van der Waals surface area contributed by atoms with Crippen LogP contribution >= 0.6 is 0 Å². The summed E-state index contributed by atoms with van der Waals surface area (Å²) in [5, 5.41) is 12.7. The van der Waals surface area contributed by atoms with E-state index in [-0.39, 0.29) is 40.9 Å². The van der Waals surface area contributed by atoms with Crippen LogP contribution in [0.15, 0.2) is 18.3 Å². The first-order valence-electron chi connectivity index (χ1n) is 11.2. The van der Waals surface area contributed by atoms with Crippen LogP contribution in [0.2, 0.25) is 0 Å². The van der Waals surface area contributed by atoms with Gasteiger partial charge in [0.1, 0.15) is 18.0 Å².